The van der Waals surface area contributed by atoms with Crippen LogP contribution in [0.5, 0.6) is 0 Å². The lowest BCUT2D eigenvalue weighted by Gasteiger charge is -2.40. The van der Waals surface area contributed by atoms with Crippen molar-refractivity contribution in [1.82, 2.24) is 10.2 Å². The largest absolute Gasteiger partial charge is 0.309 e. The molecule has 0 aromatic rings. The first kappa shape index (κ1) is 9.74. The van der Waals surface area contributed by atoms with Gasteiger partial charge in [-0.15, -0.1) is 0 Å². The fourth-order valence-electron chi connectivity index (χ4n) is 1.48. The van der Waals surface area contributed by atoms with Crippen LogP contribution in [0.25, 0.3) is 0 Å². The summed E-state index contributed by atoms with van der Waals surface area (Å²) in [6, 6.07) is 0. The summed E-state index contributed by atoms with van der Waals surface area (Å²) in [5.74, 6) is 0. The highest BCUT2D eigenvalue weighted by Gasteiger charge is 2.26. The highest BCUT2D eigenvalue weighted by molar-refractivity contribution is 14.1. The van der Waals surface area contributed by atoms with Crippen molar-refractivity contribution in [2.24, 2.45) is 0 Å². The van der Waals surface area contributed by atoms with Crippen LogP contribution in [0, 0.1) is 0 Å². The first-order valence-corrected chi connectivity index (χ1v) is 5.39. The molecule has 0 aromatic heterocycles. The van der Waals surface area contributed by atoms with E-state index in [1.807, 2.05) is 0 Å². The van der Waals surface area contributed by atoms with E-state index in [0.29, 0.717) is 9.59 Å². The zero-order valence-corrected chi connectivity index (χ0v) is 9.68. The number of alkyl halides is 1. The number of hydrogen-bond donors (Lipinski definition) is 1. The molecule has 0 aliphatic carbocycles. The summed E-state index contributed by atoms with van der Waals surface area (Å²) in [6.45, 7) is 10.3. The summed E-state index contributed by atoms with van der Waals surface area (Å²) in [5.41, 5.74) is 0.303. The number of nitrogens with zero attached hydrogens (tertiary/aromatic N) is 1. The van der Waals surface area contributed by atoms with Crippen LogP contribution >= 0.6 is 22.6 Å². The molecule has 0 spiro atoms. The van der Waals surface area contributed by atoms with Crippen LogP contribution in [0.3, 0.4) is 0 Å². The Morgan fingerprint density at radius 1 is 1.55 bits per heavy atom. The Morgan fingerprint density at radius 2 is 2.18 bits per heavy atom. The molecule has 0 unspecified atom stereocenters. The Balaban J connectivity index is 2.46. The predicted molar refractivity (Wildman–Crippen MR) is 57.1 cm³/mol. The molecule has 1 N–H and O–H groups in total. The molecule has 3 heteroatoms. The number of halogens is 1. The maximum absolute atomic E-state index is 3.50. The number of hydrogen-bond acceptors (Lipinski definition) is 2. The predicted octanol–water partition coefficient (Wildman–Crippen LogP) is 1.45. The van der Waals surface area contributed by atoms with Crippen molar-refractivity contribution in [3.8, 4) is 0 Å². The van der Waals surface area contributed by atoms with Crippen molar-refractivity contribution in [2.45, 2.75) is 30.4 Å². The van der Waals surface area contributed by atoms with E-state index in [9.17, 15) is 0 Å². The SMILES string of the molecule is C[C@H](I)N1CCNC(C)(C)C1. The molecule has 11 heavy (non-hydrogen) atoms. The third-order valence-corrected chi connectivity index (χ3v) is 2.89. The maximum Gasteiger partial charge on any atom is 0.0591 e. The lowest BCUT2D eigenvalue weighted by Crippen LogP contribution is -2.58. The normalized spacial score (nSPS) is 28.4. The third kappa shape index (κ3) is 2.87. The molecular formula is C8H17IN2. The number of nitrogens with one attached hydrogen (secondary N) is 1. The van der Waals surface area contributed by atoms with E-state index >= 15 is 0 Å². The summed E-state index contributed by atoms with van der Waals surface area (Å²) in [4.78, 5) is 2.51. The van der Waals surface area contributed by atoms with Crippen molar-refractivity contribution < 1.29 is 0 Å². The van der Waals surface area contributed by atoms with Crippen LogP contribution in [-0.4, -0.2) is 34.1 Å². The van der Waals surface area contributed by atoms with Gasteiger partial charge in [0, 0.05) is 25.2 Å². The zero-order valence-electron chi connectivity index (χ0n) is 7.52. The Labute approximate surface area is 82.9 Å². The van der Waals surface area contributed by atoms with Gasteiger partial charge in [0.15, 0.2) is 0 Å². The van der Waals surface area contributed by atoms with Gasteiger partial charge in [0.1, 0.15) is 0 Å². The third-order valence-electron chi connectivity index (χ3n) is 2.10. The van der Waals surface area contributed by atoms with E-state index in [0.717, 1.165) is 13.1 Å². The molecular weight excluding hydrogens is 251 g/mol. The summed E-state index contributed by atoms with van der Waals surface area (Å²) < 4.78 is 0.661. The summed E-state index contributed by atoms with van der Waals surface area (Å²) >= 11 is 2.48. The molecule has 1 fully saturated rings. The van der Waals surface area contributed by atoms with Crippen LogP contribution in [0.2, 0.25) is 0 Å². The van der Waals surface area contributed by atoms with Crippen LogP contribution in [0.1, 0.15) is 20.8 Å². The molecule has 0 aromatic carbocycles. The highest BCUT2D eigenvalue weighted by atomic mass is 127. The Hall–Kier alpha value is 0.650. The van der Waals surface area contributed by atoms with E-state index in [1.54, 1.807) is 0 Å². The number of rotatable bonds is 1. The molecule has 1 atom stereocenters. The van der Waals surface area contributed by atoms with E-state index in [1.165, 1.54) is 6.54 Å². The van der Waals surface area contributed by atoms with Crippen LogP contribution in [0.15, 0.2) is 0 Å². The molecule has 0 amide bonds. The summed E-state index contributed by atoms with van der Waals surface area (Å²) in [7, 11) is 0. The molecule has 1 aliphatic heterocycles. The van der Waals surface area contributed by atoms with Gasteiger partial charge < -0.3 is 5.32 Å². The molecule has 66 valence electrons. The molecule has 1 aliphatic rings. The second kappa shape index (κ2) is 3.58. The summed E-state index contributed by atoms with van der Waals surface area (Å²) in [6.07, 6.45) is 0. The van der Waals surface area contributed by atoms with Gasteiger partial charge in [0.05, 0.1) is 4.05 Å². The average Bonchev–Trinajstić information content (AvgIpc) is 1.85. The van der Waals surface area contributed by atoms with Gasteiger partial charge in [0.25, 0.3) is 0 Å². The molecule has 0 saturated carbocycles. The van der Waals surface area contributed by atoms with Crippen molar-refractivity contribution in [3.63, 3.8) is 0 Å². The first-order chi connectivity index (χ1) is 5.01. The van der Waals surface area contributed by atoms with Crippen LogP contribution in [0.4, 0.5) is 0 Å². The minimum absolute atomic E-state index is 0.303. The van der Waals surface area contributed by atoms with E-state index in [2.05, 4.69) is 53.6 Å². The molecule has 1 rings (SSSR count). The van der Waals surface area contributed by atoms with Gasteiger partial charge in [0.2, 0.25) is 0 Å². The Morgan fingerprint density at radius 3 is 2.55 bits per heavy atom. The highest BCUT2D eigenvalue weighted by Crippen LogP contribution is 2.15. The lowest BCUT2D eigenvalue weighted by molar-refractivity contribution is 0.155. The van der Waals surface area contributed by atoms with Crippen molar-refractivity contribution in [1.29, 1.82) is 0 Å². The van der Waals surface area contributed by atoms with Crippen molar-refractivity contribution in [3.05, 3.63) is 0 Å². The maximum atomic E-state index is 3.50. The monoisotopic (exact) mass is 268 g/mol. The van der Waals surface area contributed by atoms with Gasteiger partial charge in [-0.05, 0) is 20.8 Å². The minimum atomic E-state index is 0.303. The second-order valence-corrected chi connectivity index (χ2v) is 5.66. The topological polar surface area (TPSA) is 15.3 Å². The van der Waals surface area contributed by atoms with Crippen LogP contribution in [-0.2, 0) is 0 Å². The number of piperazine rings is 1. The smallest absolute Gasteiger partial charge is 0.0591 e. The van der Waals surface area contributed by atoms with Crippen LogP contribution < -0.4 is 5.32 Å². The average molecular weight is 268 g/mol. The fraction of sp³-hybridized carbons (Fsp3) is 1.00. The standard InChI is InChI=1S/C8H17IN2/c1-7(9)11-5-4-10-8(2,3)6-11/h7,10H,4-6H2,1-3H3/t7-/m1/s1. The molecule has 0 radical (unpaired) electrons. The van der Waals surface area contributed by atoms with Gasteiger partial charge >= 0.3 is 0 Å². The first-order valence-electron chi connectivity index (χ1n) is 4.14. The quantitative estimate of drug-likeness (QED) is 0.440. The fourth-order valence-corrected chi connectivity index (χ4v) is 1.96. The Bertz CT molecular complexity index is 134. The van der Waals surface area contributed by atoms with E-state index in [-0.39, 0.29) is 0 Å². The van der Waals surface area contributed by atoms with Crippen molar-refractivity contribution in [2.75, 3.05) is 19.6 Å². The van der Waals surface area contributed by atoms with E-state index < -0.39 is 0 Å². The van der Waals surface area contributed by atoms with Gasteiger partial charge in [-0.3, -0.25) is 4.90 Å². The van der Waals surface area contributed by atoms with Gasteiger partial charge in [-0.2, -0.15) is 0 Å². The summed E-state index contributed by atoms with van der Waals surface area (Å²) in [5, 5.41) is 3.50. The second-order valence-electron chi connectivity index (χ2n) is 3.86. The van der Waals surface area contributed by atoms with E-state index in [4.69, 9.17) is 0 Å². The Kier molecular flexibility index (Phi) is 3.17. The van der Waals surface area contributed by atoms with Gasteiger partial charge in [-0.25, -0.2) is 0 Å². The molecule has 0 bridgehead atoms. The molecule has 1 saturated heterocycles. The van der Waals surface area contributed by atoms with Crippen molar-refractivity contribution >= 4 is 22.6 Å². The van der Waals surface area contributed by atoms with Gasteiger partial charge in [-0.1, -0.05) is 22.6 Å². The zero-order chi connectivity index (χ0) is 8.48. The minimum Gasteiger partial charge on any atom is -0.309 e. The lowest BCUT2D eigenvalue weighted by atomic mass is 10.0. The molecule has 1 heterocycles. The molecule has 2 nitrogen and oxygen atoms in total.